The lowest BCUT2D eigenvalue weighted by molar-refractivity contribution is -0.149. The van der Waals surface area contributed by atoms with Gasteiger partial charge in [0.2, 0.25) is 11.8 Å². The van der Waals surface area contributed by atoms with E-state index in [1.54, 1.807) is 0 Å². The van der Waals surface area contributed by atoms with Gasteiger partial charge in [0.05, 0.1) is 11.7 Å². The average Bonchev–Trinajstić information content (AvgIpc) is 2.81. The second-order valence-corrected chi connectivity index (χ2v) is 9.50. The summed E-state index contributed by atoms with van der Waals surface area (Å²) in [6.07, 6.45) is 10.2. The topological polar surface area (TPSA) is 183 Å². The van der Waals surface area contributed by atoms with E-state index in [4.69, 9.17) is 16.9 Å². The molecule has 0 bridgehead atoms. The highest BCUT2D eigenvalue weighted by atomic mass is 16.3. The molecule has 34 heavy (non-hydrogen) atoms. The van der Waals surface area contributed by atoms with Crippen molar-refractivity contribution in [1.82, 2.24) is 19.1 Å². The van der Waals surface area contributed by atoms with E-state index in [1.165, 1.54) is 18.6 Å². The standard InChI is InChI=1S/C23H31N7O4/c1-2-3-11-29-17(31)15(16(24)25)18(32)30(21(29)34)19-22(7-5-4-6-8-22)13-23(19,20(26)33)14-12-27-9-10-28-14/h9-10,12,19,31H,2-8,11,13H2,1H3,(H3,24,25)(H2,26,33). The van der Waals surface area contributed by atoms with Crippen LogP contribution in [0.3, 0.4) is 0 Å². The van der Waals surface area contributed by atoms with E-state index >= 15 is 0 Å². The third-order valence-corrected chi connectivity index (χ3v) is 7.60. The van der Waals surface area contributed by atoms with Gasteiger partial charge in [-0.1, -0.05) is 32.6 Å². The quantitative estimate of drug-likeness (QED) is 0.343. The number of aromatic nitrogens is 4. The first kappa shape index (κ1) is 23.7. The van der Waals surface area contributed by atoms with Crippen LogP contribution in [0.15, 0.2) is 28.2 Å². The Bertz CT molecular complexity index is 1230. The van der Waals surface area contributed by atoms with Gasteiger partial charge in [0.15, 0.2) is 0 Å². The first-order valence-electron chi connectivity index (χ1n) is 11.7. The molecule has 2 heterocycles. The van der Waals surface area contributed by atoms with Crippen molar-refractivity contribution in [2.24, 2.45) is 16.9 Å². The van der Waals surface area contributed by atoms with Gasteiger partial charge in [-0.25, -0.2) is 4.79 Å². The minimum atomic E-state index is -1.43. The van der Waals surface area contributed by atoms with E-state index in [1.807, 2.05) is 6.92 Å². The fourth-order valence-corrected chi connectivity index (χ4v) is 6.09. The monoisotopic (exact) mass is 469 g/mol. The van der Waals surface area contributed by atoms with Gasteiger partial charge in [-0.05, 0) is 31.1 Å². The molecule has 2 saturated carbocycles. The average molecular weight is 470 g/mol. The van der Waals surface area contributed by atoms with Crippen molar-refractivity contribution in [2.45, 2.75) is 76.3 Å². The molecule has 0 radical (unpaired) electrons. The Hall–Kier alpha value is -3.50. The summed E-state index contributed by atoms with van der Waals surface area (Å²) in [7, 11) is 0. The van der Waals surface area contributed by atoms with Gasteiger partial charge in [0, 0.05) is 25.1 Å². The maximum Gasteiger partial charge on any atom is 0.334 e. The first-order chi connectivity index (χ1) is 16.2. The number of nitrogens with two attached hydrogens (primary N) is 2. The lowest BCUT2D eigenvalue weighted by Crippen LogP contribution is -2.69. The van der Waals surface area contributed by atoms with Gasteiger partial charge in [-0.3, -0.25) is 34.1 Å². The molecule has 2 fully saturated rings. The van der Waals surface area contributed by atoms with Crippen LogP contribution in [0.5, 0.6) is 5.88 Å². The van der Waals surface area contributed by atoms with Crippen molar-refractivity contribution in [2.75, 3.05) is 0 Å². The minimum Gasteiger partial charge on any atom is -0.494 e. The Balaban J connectivity index is 2.06. The predicted molar refractivity (Wildman–Crippen MR) is 125 cm³/mol. The third-order valence-electron chi connectivity index (χ3n) is 7.60. The van der Waals surface area contributed by atoms with Crippen molar-refractivity contribution in [3.8, 4) is 5.88 Å². The van der Waals surface area contributed by atoms with Gasteiger partial charge in [-0.15, -0.1) is 0 Å². The fraction of sp³-hybridized carbons (Fsp3) is 0.565. The molecule has 2 aromatic heterocycles. The molecule has 2 aromatic rings. The molecular weight excluding hydrogens is 438 g/mol. The summed E-state index contributed by atoms with van der Waals surface area (Å²) >= 11 is 0. The number of rotatable bonds is 7. The minimum absolute atomic E-state index is 0.135. The van der Waals surface area contributed by atoms with Crippen molar-refractivity contribution in [3.63, 3.8) is 0 Å². The van der Waals surface area contributed by atoms with Gasteiger partial charge in [-0.2, -0.15) is 0 Å². The molecule has 2 unspecified atom stereocenters. The predicted octanol–water partition coefficient (Wildman–Crippen LogP) is 0.908. The third kappa shape index (κ3) is 3.33. The molecule has 1 amide bonds. The van der Waals surface area contributed by atoms with Crippen LogP contribution in [0.25, 0.3) is 0 Å². The van der Waals surface area contributed by atoms with Crippen LogP contribution in [-0.4, -0.2) is 36.0 Å². The molecule has 11 nitrogen and oxygen atoms in total. The summed E-state index contributed by atoms with van der Waals surface area (Å²) in [6.45, 7) is 2.06. The smallest absolute Gasteiger partial charge is 0.334 e. The molecule has 11 heteroatoms. The van der Waals surface area contributed by atoms with Crippen molar-refractivity contribution in [1.29, 1.82) is 5.41 Å². The van der Waals surface area contributed by atoms with Crippen molar-refractivity contribution in [3.05, 3.63) is 50.7 Å². The van der Waals surface area contributed by atoms with E-state index in [9.17, 15) is 19.5 Å². The zero-order valence-electron chi connectivity index (χ0n) is 19.3. The van der Waals surface area contributed by atoms with Gasteiger partial charge >= 0.3 is 5.69 Å². The first-order valence-corrected chi connectivity index (χ1v) is 11.7. The number of nitrogens with zero attached hydrogens (tertiary/aromatic N) is 4. The van der Waals surface area contributed by atoms with E-state index in [-0.39, 0.29) is 6.54 Å². The fourth-order valence-electron chi connectivity index (χ4n) is 6.09. The Kier molecular flexibility index (Phi) is 6.05. The van der Waals surface area contributed by atoms with Gasteiger partial charge in [0.25, 0.3) is 5.56 Å². The number of primary amides is 1. The van der Waals surface area contributed by atoms with Crippen LogP contribution in [0.4, 0.5) is 0 Å². The molecule has 0 aliphatic heterocycles. The largest absolute Gasteiger partial charge is 0.494 e. The van der Waals surface area contributed by atoms with Crippen LogP contribution < -0.4 is 22.7 Å². The molecule has 2 atom stereocenters. The molecule has 4 rings (SSSR count). The zero-order valence-corrected chi connectivity index (χ0v) is 19.3. The number of hydrogen-bond acceptors (Lipinski definition) is 7. The molecule has 182 valence electrons. The molecule has 0 saturated heterocycles. The van der Waals surface area contributed by atoms with E-state index in [0.29, 0.717) is 31.4 Å². The number of carbonyl (C=O) groups excluding carboxylic acids is 1. The molecule has 0 aromatic carbocycles. The van der Waals surface area contributed by atoms with Crippen molar-refractivity contribution >= 4 is 11.7 Å². The molecule has 2 aliphatic carbocycles. The summed E-state index contributed by atoms with van der Waals surface area (Å²) in [6, 6.07) is -0.930. The number of aromatic hydroxyl groups is 1. The van der Waals surface area contributed by atoms with E-state index in [0.717, 1.165) is 34.8 Å². The van der Waals surface area contributed by atoms with Gasteiger partial charge < -0.3 is 16.6 Å². The second kappa shape index (κ2) is 8.69. The summed E-state index contributed by atoms with van der Waals surface area (Å²) in [5.74, 6) is -1.98. The molecular formula is C23H31N7O4. The lowest BCUT2D eigenvalue weighted by atomic mass is 9.43. The maximum absolute atomic E-state index is 13.8. The number of hydrogen-bond donors (Lipinski definition) is 4. The Morgan fingerprint density at radius 3 is 2.50 bits per heavy atom. The maximum atomic E-state index is 13.8. The highest BCUT2D eigenvalue weighted by molar-refractivity contribution is 5.96. The highest BCUT2D eigenvalue weighted by Crippen LogP contribution is 2.67. The molecule has 1 spiro atoms. The summed E-state index contributed by atoms with van der Waals surface area (Å²) in [5, 5.41) is 18.6. The number of nitrogen functional groups attached to an aromatic ring is 1. The lowest BCUT2D eigenvalue weighted by Gasteiger charge is -2.62. The SMILES string of the molecule is CCCCn1c(O)c(C(=N)N)c(=O)n(C2C3(CCCCC3)CC2(C(N)=O)c2cnccn2)c1=O. The van der Waals surface area contributed by atoms with E-state index in [2.05, 4.69) is 9.97 Å². The highest BCUT2D eigenvalue weighted by Gasteiger charge is 2.69. The number of unbranched alkanes of at least 4 members (excludes halogenated alkanes) is 1. The van der Waals surface area contributed by atoms with Crippen LogP contribution >= 0.6 is 0 Å². The van der Waals surface area contributed by atoms with Crippen LogP contribution in [0.2, 0.25) is 0 Å². The van der Waals surface area contributed by atoms with Crippen LogP contribution in [0.1, 0.15) is 75.6 Å². The molecule has 2 aliphatic rings. The summed E-state index contributed by atoms with van der Waals surface area (Å²) in [4.78, 5) is 49.0. The number of amides is 1. The number of nitrogens with one attached hydrogen (secondary N) is 1. The Morgan fingerprint density at radius 1 is 1.24 bits per heavy atom. The Labute approximate surface area is 196 Å². The molecule has 6 N–H and O–H groups in total. The normalized spacial score (nSPS) is 23.4. The summed E-state index contributed by atoms with van der Waals surface area (Å²) in [5.41, 5.74) is 7.91. The second-order valence-electron chi connectivity index (χ2n) is 9.50. The van der Waals surface area contributed by atoms with Crippen LogP contribution in [0, 0.1) is 10.8 Å². The Morgan fingerprint density at radius 2 is 1.94 bits per heavy atom. The number of amidine groups is 1. The zero-order chi connectivity index (χ0) is 24.7. The number of carbonyl (C=O) groups is 1. The van der Waals surface area contributed by atoms with Crippen LogP contribution in [-0.2, 0) is 16.8 Å². The summed E-state index contributed by atoms with van der Waals surface area (Å²) < 4.78 is 2.08. The van der Waals surface area contributed by atoms with Crippen molar-refractivity contribution < 1.29 is 9.90 Å². The van der Waals surface area contributed by atoms with Gasteiger partial charge in [0.1, 0.15) is 16.8 Å². The van der Waals surface area contributed by atoms with E-state index < -0.39 is 51.3 Å².